The highest BCUT2D eigenvalue weighted by molar-refractivity contribution is 5.78. The maximum absolute atomic E-state index is 9.39. The third-order valence-corrected chi connectivity index (χ3v) is 9.18. The monoisotopic (exact) mass is 678 g/mol. The van der Waals surface area contributed by atoms with E-state index in [1.54, 1.807) is 0 Å². The molecule has 6 nitrogen and oxygen atoms in total. The number of nitrogens with zero attached hydrogens (tertiary/aromatic N) is 2. The molecule has 0 radical (unpaired) electrons. The number of aliphatic hydroxyl groups excluding tert-OH is 4. The smallest absolute Gasteiger partial charge is 0.0471 e. The molecule has 0 bridgehead atoms. The maximum atomic E-state index is 9.39. The quantitative estimate of drug-likeness (QED) is 0.0824. The number of aliphatic hydroxyl groups is 4. The van der Waals surface area contributed by atoms with Crippen LogP contribution in [0.1, 0.15) is 33.4 Å². The number of anilines is 6. The molecule has 260 valence electrons. The molecule has 0 aromatic heterocycles. The minimum absolute atomic E-state index is 0.123. The second-order valence-electron chi connectivity index (χ2n) is 12.7. The van der Waals surface area contributed by atoms with E-state index >= 15 is 0 Å². The third kappa shape index (κ3) is 9.11. The van der Waals surface area contributed by atoms with Crippen molar-refractivity contribution in [3.05, 3.63) is 179 Å². The van der Waals surface area contributed by atoms with Crippen molar-refractivity contribution in [3.63, 3.8) is 0 Å². The molecule has 6 aromatic rings. The van der Waals surface area contributed by atoms with Crippen LogP contribution in [0.25, 0.3) is 0 Å². The van der Waals surface area contributed by atoms with Crippen molar-refractivity contribution in [1.29, 1.82) is 0 Å². The van der Waals surface area contributed by atoms with Crippen molar-refractivity contribution in [2.75, 3.05) is 36.2 Å². The van der Waals surface area contributed by atoms with Gasteiger partial charge in [0.15, 0.2) is 0 Å². The Kier molecular flexibility index (Phi) is 12.3. The van der Waals surface area contributed by atoms with Gasteiger partial charge in [0.2, 0.25) is 0 Å². The zero-order chi connectivity index (χ0) is 35.4. The Morgan fingerprint density at radius 2 is 0.431 bits per heavy atom. The van der Waals surface area contributed by atoms with Crippen LogP contribution in [0.2, 0.25) is 0 Å². The van der Waals surface area contributed by atoms with Gasteiger partial charge < -0.3 is 30.2 Å². The summed E-state index contributed by atoms with van der Waals surface area (Å²) in [5, 5.41) is 37.6. The topological polar surface area (TPSA) is 87.4 Å². The molecule has 0 aliphatic heterocycles. The molecular weight excluding hydrogens is 633 g/mol. The molecule has 0 amide bonds. The lowest BCUT2D eigenvalue weighted by atomic mass is 10.0. The minimum atomic E-state index is 0.123. The summed E-state index contributed by atoms with van der Waals surface area (Å²) in [5.74, 6) is 0. The highest BCUT2D eigenvalue weighted by Gasteiger charge is 2.15. The van der Waals surface area contributed by atoms with Crippen molar-refractivity contribution in [2.45, 2.75) is 32.1 Å². The van der Waals surface area contributed by atoms with Crippen LogP contribution in [0, 0.1) is 0 Å². The fourth-order valence-electron chi connectivity index (χ4n) is 6.42. The predicted octanol–water partition coefficient (Wildman–Crippen LogP) is 8.36. The summed E-state index contributed by atoms with van der Waals surface area (Å²) in [7, 11) is 0. The van der Waals surface area contributed by atoms with Gasteiger partial charge in [-0.25, -0.2) is 0 Å². The molecule has 0 atom stereocenters. The second kappa shape index (κ2) is 17.6. The average Bonchev–Trinajstić information content (AvgIpc) is 3.16. The highest BCUT2D eigenvalue weighted by Crippen LogP contribution is 2.37. The van der Waals surface area contributed by atoms with Gasteiger partial charge in [0, 0.05) is 60.6 Å². The fraction of sp³-hybridized carbons (Fsp3) is 0.200. The standard InChI is InChI=1S/C45H46N2O4/c48-29-25-34-1-13-40(14-2-34)46(41-15-3-35(4-16-41)26-30-49)44-21-9-38(10-22-44)33-39-11-23-45(24-12-39)47(42-17-5-36(6-18-42)27-31-50)43-19-7-37(8-20-43)28-32-51/h1-24,48-51H,25-33H2. The van der Waals surface area contributed by atoms with Gasteiger partial charge in [-0.05, 0) is 138 Å². The van der Waals surface area contributed by atoms with Crippen LogP contribution in [0.15, 0.2) is 146 Å². The van der Waals surface area contributed by atoms with Crippen LogP contribution in [-0.4, -0.2) is 46.9 Å². The molecular formula is C45H46N2O4. The lowest BCUT2D eigenvalue weighted by Gasteiger charge is -2.26. The first-order chi connectivity index (χ1) is 25.1. The van der Waals surface area contributed by atoms with Gasteiger partial charge in [0.05, 0.1) is 0 Å². The van der Waals surface area contributed by atoms with Gasteiger partial charge in [-0.3, -0.25) is 0 Å². The normalized spacial score (nSPS) is 11.1. The van der Waals surface area contributed by atoms with Crippen LogP contribution < -0.4 is 9.80 Å². The third-order valence-electron chi connectivity index (χ3n) is 9.18. The van der Waals surface area contributed by atoms with E-state index in [-0.39, 0.29) is 26.4 Å². The summed E-state index contributed by atoms with van der Waals surface area (Å²) in [6.45, 7) is 0.491. The Hall–Kier alpha value is -5.24. The van der Waals surface area contributed by atoms with E-state index in [4.69, 9.17) is 0 Å². The molecule has 0 spiro atoms. The van der Waals surface area contributed by atoms with Crippen molar-refractivity contribution in [2.24, 2.45) is 0 Å². The van der Waals surface area contributed by atoms with Crippen molar-refractivity contribution in [3.8, 4) is 0 Å². The van der Waals surface area contributed by atoms with Crippen LogP contribution in [0.4, 0.5) is 34.1 Å². The molecule has 51 heavy (non-hydrogen) atoms. The van der Waals surface area contributed by atoms with Crippen LogP contribution in [-0.2, 0) is 32.1 Å². The molecule has 0 saturated carbocycles. The van der Waals surface area contributed by atoms with E-state index in [1.165, 1.54) is 11.1 Å². The summed E-state index contributed by atoms with van der Waals surface area (Å²) < 4.78 is 0. The molecule has 0 heterocycles. The van der Waals surface area contributed by atoms with E-state index in [1.807, 2.05) is 0 Å². The molecule has 0 unspecified atom stereocenters. The number of hydrogen-bond acceptors (Lipinski definition) is 6. The second-order valence-corrected chi connectivity index (χ2v) is 12.7. The summed E-state index contributed by atoms with van der Waals surface area (Å²) >= 11 is 0. The van der Waals surface area contributed by atoms with Crippen LogP contribution >= 0.6 is 0 Å². The Morgan fingerprint density at radius 1 is 0.255 bits per heavy atom. The summed E-state index contributed by atoms with van der Waals surface area (Å²) in [5.41, 5.74) is 13.0. The van der Waals surface area contributed by atoms with Gasteiger partial charge in [0.25, 0.3) is 0 Å². The van der Waals surface area contributed by atoms with Gasteiger partial charge >= 0.3 is 0 Å². The molecule has 0 aliphatic carbocycles. The molecule has 4 N–H and O–H groups in total. The van der Waals surface area contributed by atoms with E-state index in [2.05, 4.69) is 155 Å². The Balaban J connectivity index is 1.23. The molecule has 0 saturated heterocycles. The van der Waals surface area contributed by atoms with Crippen molar-refractivity contribution >= 4 is 34.1 Å². The average molecular weight is 679 g/mol. The summed E-state index contributed by atoms with van der Waals surface area (Å²) in [6.07, 6.45) is 3.29. The molecule has 0 fully saturated rings. The summed E-state index contributed by atoms with van der Waals surface area (Å²) in [6, 6.07) is 50.7. The van der Waals surface area contributed by atoms with Gasteiger partial charge in [-0.15, -0.1) is 0 Å². The maximum Gasteiger partial charge on any atom is 0.0471 e. The number of rotatable bonds is 16. The Labute approximate surface area is 301 Å². The number of benzene rings is 6. The molecule has 0 aliphatic rings. The predicted molar refractivity (Wildman–Crippen MR) is 208 cm³/mol. The first-order valence-electron chi connectivity index (χ1n) is 17.7. The molecule has 6 rings (SSSR count). The lowest BCUT2D eigenvalue weighted by molar-refractivity contribution is 0.299. The van der Waals surface area contributed by atoms with Gasteiger partial charge in [-0.2, -0.15) is 0 Å². The summed E-state index contributed by atoms with van der Waals surface area (Å²) in [4.78, 5) is 4.45. The van der Waals surface area contributed by atoms with Crippen LogP contribution in [0.5, 0.6) is 0 Å². The van der Waals surface area contributed by atoms with E-state index < -0.39 is 0 Å². The SMILES string of the molecule is OCCc1ccc(N(c2ccc(CCO)cc2)c2ccc(Cc3ccc(N(c4ccc(CCO)cc4)c4ccc(CCO)cc4)cc3)cc2)cc1. The number of hydrogen-bond donors (Lipinski definition) is 4. The van der Waals surface area contributed by atoms with Gasteiger partial charge in [-0.1, -0.05) is 72.8 Å². The highest BCUT2D eigenvalue weighted by atomic mass is 16.3. The zero-order valence-electron chi connectivity index (χ0n) is 28.9. The van der Waals surface area contributed by atoms with Gasteiger partial charge in [0.1, 0.15) is 0 Å². The first kappa shape index (κ1) is 35.6. The Morgan fingerprint density at radius 3 is 0.608 bits per heavy atom. The largest absolute Gasteiger partial charge is 0.396 e. The zero-order valence-corrected chi connectivity index (χ0v) is 28.9. The van der Waals surface area contributed by atoms with Crippen molar-refractivity contribution in [1.82, 2.24) is 0 Å². The first-order valence-corrected chi connectivity index (χ1v) is 17.7. The molecule has 6 aromatic carbocycles. The van der Waals surface area contributed by atoms with E-state index in [0.29, 0.717) is 25.7 Å². The van der Waals surface area contributed by atoms with E-state index in [9.17, 15) is 20.4 Å². The van der Waals surface area contributed by atoms with Crippen LogP contribution in [0.3, 0.4) is 0 Å². The van der Waals surface area contributed by atoms with Crippen molar-refractivity contribution < 1.29 is 20.4 Å². The minimum Gasteiger partial charge on any atom is -0.396 e. The lowest BCUT2D eigenvalue weighted by Crippen LogP contribution is -2.10. The fourth-order valence-corrected chi connectivity index (χ4v) is 6.42. The molecule has 6 heteroatoms. The Bertz CT molecular complexity index is 1680. The van der Waals surface area contributed by atoms with E-state index in [0.717, 1.165) is 62.8 Å².